The molecule has 0 saturated carbocycles. The second kappa shape index (κ2) is 42.8. The Balaban J connectivity index is -0.0000000268. The standard InChI is InChI=1S/2C2H4O2.Ce.3NO3.O.Zr/c2*1-2(3)4;;3*2-1(3)4;;/h2*1H3,(H,3,4);;;;;;/q;;+3;3*-1;;+2/p-2. The van der Waals surface area contributed by atoms with E-state index in [-0.39, 0.29) is 41.7 Å². The van der Waals surface area contributed by atoms with Crippen LogP contribution in [0.25, 0.3) is 0 Å². The summed E-state index contributed by atoms with van der Waals surface area (Å²) in [6.07, 6.45) is 0. The molecule has 0 bridgehead atoms. The molecule has 0 rings (SSSR count). The summed E-state index contributed by atoms with van der Waals surface area (Å²) in [5.41, 5.74) is 0. The monoisotopic (exact) mass is 550 g/mol. The van der Waals surface area contributed by atoms with Crippen molar-refractivity contribution in [1.29, 1.82) is 0 Å². The second-order valence-electron chi connectivity index (χ2n) is 1.65. The average Bonchev–Trinajstić information content (AvgIpc) is 2.14. The van der Waals surface area contributed by atoms with Crippen LogP contribution in [0.3, 0.4) is 0 Å². The van der Waals surface area contributed by atoms with Crippen molar-refractivity contribution >= 4 is 11.9 Å². The Hall–Kier alpha value is -1.40. The van der Waals surface area contributed by atoms with Gasteiger partial charge in [-0.25, -0.2) is 0 Å². The van der Waals surface area contributed by atoms with Crippen molar-refractivity contribution in [3.05, 3.63) is 46.0 Å². The number of nitrogens with zero attached hydrogens (tertiary/aromatic N) is 3. The van der Waals surface area contributed by atoms with Crippen molar-refractivity contribution in [3.8, 4) is 0 Å². The minimum absolute atomic E-state index is 0. The predicted octanol–water partition coefficient (Wildman–Crippen LogP) is -3.33. The second-order valence-corrected chi connectivity index (χ2v) is 1.65. The topological polar surface area (TPSA) is 296 Å². The molecule has 1 radical (unpaired) electrons. The van der Waals surface area contributed by atoms with Gasteiger partial charge < -0.3 is 65.8 Å². The van der Waals surface area contributed by atoms with E-state index in [0.717, 1.165) is 13.8 Å². The molecule has 0 unspecified atom stereocenters. The number of rotatable bonds is 0. The SMILES string of the molecule is CC(=O)[O-].CC(=O)[O-].O=[N+]([O-])[O-].O=[N+]([O-])[O-].O=[N+]([O-])[O-].[Ce+3].[O]=[Zr+2]. The van der Waals surface area contributed by atoms with E-state index < -0.39 is 27.2 Å². The van der Waals surface area contributed by atoms with Gasteiger partial charge in [-0.05, 0) is 13.8 Å². The van der Waals surface area contributed by atoms with E-state index in [1.807, 2.05) is 0 Å². The first-order valence-corrected chi connectivity index (χ1v) is 4.67. The van der Waals surface area contributed by atoms with Crippen LogP contribution in [0, 0.1) is 87.7 Å². The van der Waals surface area contributed by atoms with E-state index >= 15 is 0 Å². The predicted molar refractivity (Wildman–Crippen MR) is 53.1 cm³/mol. The quantitative estimate of drug-likeness (QED) is 0.210. The van der Waals surface area contributed by atoms with Gasteiger partial charge in [-0.1, -0.05) is 0 Å². The zero-order valence-corrected chi connectivity index (χ0v) is 16.7. The van der Waals surface area contributed by atoms with Gasteiger partial charge in [0.25, 0.3) is 0 Å². The summed E-state index contributed by atoms with van der Waals surface area (Å²) in [5, 5.41) is 62.0. The Morgan fingerprint density at radius 2 is 0.652 bits per heavy atom. The fourth-order valence-corrected chi connectivity index (χ4v) is 0. The first-order valence-electron chi connectivity index (χ1n) is 3.66. The van der Waals surface area contributed by atoms with Crippen LogP contribution >= 0.6 is 0 Å². The molecule has 0 saturated heterocycles. The fraction of sp³-hybridized carbons (Fsp3) is 0.500. The number of hydrogen-bond acceptors (Lipinski definition) is 14. The first-order chi connectivity index (χ1) is 9.66. The molecule has 0 fully saturated rings. The first kappa shape index (κ1) is 43.0. The van der Waals surface area contributed by atoms with E-state index in [4.69, 9.17) is 68.6 Å². The van der Waals surface area contributed by atoms with Crippen molar-refractivity contribution in [2.24, 2.45) is 0 Å². The normalized spacial score (nSPS) is 5.57. The van der Waals surface area contributed by atoms with Crippen molar-refractivity contribution in [2.75, 3.05) is 0 Å². The zero-order valence-electron chi connectivity index (χ0n) is 11.1. The number of carbonyl (C=O) groups is 2. The van der Waals surface area contributed by atoms with Crippen LogP contribution in [0.1, 0.15) is 13.8 Å². The third-order valence-corrected chi connectivity index (χ3v) is 0. The molecule has 0 aliphatic carbocycles. The molecule has 0 aliphatic heterocycles. The number of carboxylic acids is 2. The van der Waals surface area contributed by atoms with Gasteiger partial charge in [-0.15, -0.1) is 0 Å². The third-order valence-electron chi connectivity index (χ3n) is 0. The number of carbonyl (C=O) groups excluding carboxylic acids is 2. The van der Waals surface area contributed by atoms with E-state index in [9.17, 15) is 0 Å². The van der Waals surface area contributed by atoms with E-state index in [0.29, 0.717) is 24.7 Å². The molecule has 0 amide bonds. The summed E-state index contributed by atoms with van der Waals surface area (Å²) < 4.78 is 8.34. The maximum absolute atomic E-state index is 8.89. The molecule has 19 heteroatoms. The summed E-state index contributed by atoms with van der Waals surface area (Å²) in [7, 11) is 0. The van der Waals surface area contributed by atoms with Crippen molar-refractivity contribution < 1.29 is 104 Å². The van der Waals surface area contributed by atoms with Gasteiger partial charge in [-0.2, -0.15) is 0 Å². The Morgan fingerprint density at radius 3 is 0.652 bits per heavy atom. The molecular formula is C4H6CeN3O14Zr. The van der Waals surface area contributed by atoms with Crippen LogP contribution in [-0.4, -0.2) is 27.2 Å². The Bertz CT molecular complexity index is 235. The summed E-state index contributed by atoms with van der Waals surface area (Å²) in [5.74, 6) is -2.17. The van der Waals surface area contributed by atoms with Crippen LogP contribution in [-0.2, 0) is 37.1 Å². The molecule has 0 aromatic carbocycles. The summed E-state index contributed by atoms with van der Waals surface area (Å²) >= 11 is 0.300. The summed E-state index contributed by atoms with van der Waals surface area (Å²) in [6.45, 7) is 1.94. The van der Waals surface area contributed by atoms with Gasteiger partial charge >= 0.3 is 69.3 Å². The van der Waals surface area contributed by atoms with Gasteiger partial charge in [0.05, 0.1) is 15.3 Å². The molecule has 0 N–H and O–H groups in total. The van der Waals surface area contributed by atoms with E-state index in [2.05, 4.69) is 0 Å². The molecular weight excluding hydrogens is 545 g/mol. The van der Waals surface area contributed by atoms with Gasteiger partial charge in [-0.3, -0.25) is 0 Å². The third kappa shape index (κ3) is 3630. The molecule has 0 aromatic heterocycles. The zero-order chi connectivity index (χ0) is 19.9. The van der Waals surface area contributed by atoms with Gasteiger partial charge in [0.2, 0.25) is 0 Å². The minimum atomic E-state index is -1.75. The van der Waals surface area contributed by atoms with E-state index in [1.165, 1.54) is 0 Å². The summed E-state index contributed by atoms with van der Waals surface area (Å²) in [6, 6.07) is 0. The van der Waals surface area contributed by atoms with Crippen LogP contribution in [0.5, 0.6) is 0 Å². The Labute approximate surface area is 174 Å². The molecule has 0 aliphatic rings. The van der Waals surface area contributed by atoms with Gasteiger partial charge in [0.15, 0.2) is 0 Å². The molecule has 0 aromatic rings. The number of hydrogen-bond donors (Lipinski definition) is 0. The Kier molecular flexibility index (Phi) is 80.0. The number of aliphatic carboxylic acids is 2. The molecule has 0 spiro atoms. The van der Waals surface area contributed by atoms with Crippen molar-refractivity contribution in [3.63, 3.8) is 0 Å². The molecule has 0 heterocycles. The molecule has 129 valence electrons. The number of carboxylic acid groups (broad SMARTS) is 2. The average molecular weight is 551 g/mol. The van der Waals surface area contributed by atoms with Gasteiger partial charge in [0.1, 0.15) is 0 Å². The van der Waals surface area contributed by atoms with Crippen LogP contribution in [0.4, 0.5) is 0 Å². The molecule has 17 nitrogen and oxygen atoms in total. The fourth-order valence-electron chi connectivity index (χ4n) is 0. The Morgan fingerprint density at radius 1 is 0.652 bits per heavy atom. The summed E-state index contributed by atoms with van der Waals surface area (Å²) in [4.78, 5) is 42.5. The van der Waals surface area contributed by atoms with Crippen LogP contribution in [0.2, 0.25) is 0 Å². The molecule has 23 heavy (non-hydrogen) atoms. The van der Waals surface area contributed by atoms with Crippen molar-refractivity contribution in [2.45, 2.75) is 13.8 Å². The van der Waals surface area contributed by atoms with Crippen molar-refractivity contribution in [1.82, 2.24) is 0 Å². The van der Waals surface area contributed by atoms with Gasteiger partial charge in [0, 0.05) is 11.9 Å². The van der Waals surface area contributed by atoms with Crippen LogP contribution < -0.4 is 10.2 Å². The maximum atomic E-state index is 8.89. The van der Waals surface area contributed by atoms with Crippen LogP contribution in [0.15, 0.2) is 0 Å². The van der Waals surface area contributed by atoms with E-state index in [1.54, 1.807) is 0 Å². The molecule has 0 atom stereocenters.